The van der Waals surface area contributed by atoms with Crippen molar-refractivity contribution in [2.24, 2.45) is 0 Å². The number of rotatable bonds is 6. The van der Waals surface area contributed by atoms with E-state index in [-0.39, 0.29) is 23.0 Å². The van der Waals surface area contributed by atoms with Crippen LogP contribution in [0.15, 0.2) is 46.7 Å². The van der Waals surface area contributed by atoms with Gasteiger partial charge in [-0.05, 0) is 35.0 Å². The van der Waals surface area contributed by atoms with Gasteiger partial charge in [0.1, 0.15) is 0 Å². The number of aromatic nitrogens is 1. The molecule has 0 saturated carbocycles. The summed E-state index contributed by atoms with van der Waals surface area (Å²) in [6.45, 7) is 3.31. The highest BCUT2D eigenvalue weighted by Gasteiger charge is 2.24. The number of benzene rings is 2. The summed E-state index contributed by atoms with van der Waals surface area (Å²) >= 11 is 7.41. The van der Waals surface area contributed by atoms with Gasteiger partial charge in [0, 0.05) is 49.5 Å². The van der Waals surface area contributed by atoms with E-state index >= 15 is 0 Å². The Balaban J connectivity index is 1.31. The van der Waals surface area contributed by atoms with Crippen molar-refractivity contribution in [3.63, 3.8) is 0 Å². The summed E-state index contributed by atoms with van der Waals surface area (Å²) in [5.74, 6) is -0.336. The van der Waals surface area contributed by atoms with Gasteiger partial charge < -0.3 is 10.6 Å². The van der Waals surface area contributed by atoms with Crippen LogP contribution in [0.5, 0.6) is 0 Å². The molecule has 3 aromatic rings. The molecule has 2 aromatic carbocycles. The fourth-order valence-corrected chi connectivity index (χ4v) is 5.66. The predicted octanol–water partition coefficient (Wildman–Crippen LogP) is 3.04. The van der Waals surface area contributed by atoms with Crippen molar-refractivity contribution >= 4 is 54.6 Å². The normalized spacial score (nSPS) is 15.5. The van der Waals surface area contributed by atoms with Gasteiger partial charge in [0.15, 0.2) is 15.0 Å². The average molecular weight is 479 g/mol. The molecule has 0 spiro atoms. The van der Waals surface area contributed by atoms with Gasteiger partial charge in [0.05, 0.1) is 16.3 Å². The lowest BCUT2D eigenvalue weighted by Gasteiger charge is -2.34. The molecule has 31 heavy (non-hydrogen) atoms. The zero-order valence-electron chi connectivity index (χ0n) is 16.8. The molecule has 1 aliphatic heterocycles. The van der Waals surface area contributed by atoms with Gasteiger partial charge in [-0.1, -0.05) is 23.7 Å². The first-order valence-electron chi connectivity index (χ1n) is 9.92. The lowest BCUT2D eigenvalue weighted by Crippen LogP contribution is -2.48. The van der Waals surface area contributed by atoms with Crippen molar-refractivity contribution in [1.82, 2.24) is 14.8 Å². The fraction of sp³-hybridized carbons (Fsp3) is 0.333. The number of carbonyl (C=O) groups excluding carboxylic acids is 1. The number of carbonyl (C=O) groups is 1. The molecule has 4 rings (SSSR count). The second-order valence-electron chi connectivity index (χ2n) is 7.56. The van der Waals surface area contributed by atoms with Crippen molar-refractivity contribution < 1.29 is 13.2 Å². The first-order valence-corrected chi connectivity index (χ1v) is 12.8. The van der Waals surface area contributed by atoms with E-state index in [0.717, 1.165) is 29.6 Å². The molecule has 164 valence electrons. The smallest absolute Gasteiger partial charge is 0.223 e. The number of hydrogen-bond acceptors (Lipinski definition) is 7. The second-order valence-corrected chi connectivity index (χ2v) is 11.0. The Morgan fingerprint density at radius 2 is 1.81 bits per heavy atom. The molecular formula is C21H23ClN4O3S2. The maximum atomic E-state index is 12.8. The van der Waals surface area contributed by atoms with Crippen LogP contribution in [-0.2, 0) is 21.2 Å². The molecule has 7 nitrogen and oxygen atoms in total. The minimum Gasteiger partial charge on any atom is -0.375 e. The van der Waals surface area contributed by atoms with Gasteiger partial charge in [0.25, 0.3) is 0 Å². The third-order valence-corrected chi connectivity index (χ3v) is 8.07. The molecule has 1 aromatic heterocycles. The van der Waals surface area contributed by atoms with Gasteiger partial charge in [-0.15, -0.1) is 11.3 Å². The van der Waals surface area contributed by atoms with Crippen molar-refractivity contribution in [2.75, 3.05) is 37.7 Å². The van der Waals surface area contributed by atoms with E-state index in [1.165, 1.54) is 11.3 Å². The summed E-state index contributed by atoms with van der Waals surface area (Å²) in [4.78, 5) is 21.0. The first-order chi connectivity index (χ1) is 14.8. The third-order valence-electron chi connectivity index (χ3n) is 5.40. The number of amides is 1. The average Bonchev–Trinajstić information content (AvgIpc) is 3.16. The molecule has 0 unspecified atom stereocenters. The summed E-state index contributed by atoms with van der Waals surface area (Å²) in [5, 5.41) is 4.78. The summed E-state index contributed by atoms with van der Waals surface area (Å²) in [7, 11) is -3.55. The van der Waals surface area contributed by atoms with Crippen LogP contribution in [0.3, 0.4) is 0 Å². The number of hydrogen-bond donors (Lipinski definition) is 1. The lowest BCUT2D eigenvalue weighted by atomic mass is 10.1. The standard InChI is InChI=1S/C21H23ClN4O3S2/c22-17-3-1-16-12-19(4-2-15(16)11-17)31(28,29)10-5-20(27)26-8-6-25(7-9-26)13-18-14-30-21(23)24-18/h1-4,11-12,14H,5-10,13H2,(H2,23,24). The van der Waals surface area contributed by atoms with Gasteiger partial charge in [-0.2, -0.15) is 0 Å². The number of fused-ring (bicyclic) bond motifs is 1. The van der Waals surface area contributed by atoms with Crippen LogP contribution in [0, 0.1) is 0 Å². The Bertz CT molecular complexity index is 1200. The fourth-order valence-electron chi connectivity index (χ4n) is 3.67. The van der Waals surface area contributed by atoms with E-state index < -0.39 is 9.84 Å². The highest BCUT2D eigenvalue weighted by atomic mass is 35.5. The predicted molar refractivity (Wildman–Crippen MR) is 124 cm³/mol. The van der Waals surface area contributed by atoms with E-state index in [1.54, 1.807) is 41.3 Å². The molecule has 0 aliphatic carbocycles. The van der Waals surface area contributed by atoms with E-state index in [2.05, 4.69) is 9.88 Å². The maximum absolute atomic E-state index is 12.8. The van der Waals surface area contributed by atoms with Crippen LogP contribution < -0.4 is 5.73 Å². The molecule has 1 amide bonds. The van der Waals surface area contributed by atoms with E-state index in [1.807, 2.05) is 5.38 Å². The Labute approximate surface area is 190 Å². The molecular weight excluding hydrogens is 456 g/mol. The zero-order chi connectivity index (χ0) is 22.0. The number of thiazole rings is 1. The van der Waals surface area contributed by atoms with Gasteiger partial charge in [-0.3, -0.25) is 9.69 Å². The number of nitrogens with zero attached hydrogens (tertiary/aromatic N) is 3. The topological polar surface area (TPSA) is 96.6 Å². The molecule has 0 atom stereocenters. The van der Waals surface area contributed by atoms with Gasteiger partial charge in [-0.25, -0.2) is 13.4 Å². The van der Waals surface area contributed by atoms with E-state index in [0.29, 0.717) is 29.8 Å². The van der Waals surface area contributed by atoms with Crippen molar-refractivity contribution in [1.29, 1.82) is 0 Å². The molecule has 1 saturated heterocycles. The Kier molecular flexibility index (Phi) is 6.47. The summed E-state index contributed by atoms with van der Waals surface area (Å²) in [5.41, 5.74) is 6.61. The third kappa shape index (κ3) is 5.35. The monoisotopic (exact) mass is 478 g/mol. The number of halogens is 1. The number of anilines is 1. The highest BCUT2D eigenvalue weighted by Crippen LogP contribution is 2.23. The minimum absolute atomic E-state index is 0.0242. The van der Waals surface area contributed by atoms with E-state index in [9.17, 15) is 13.2 Å². The Morgan fingerprint density at radius 1 is 1.10 bits per heavy atom. The maximum Gasteiger partial charge on any atom is 0.223 e. The van der Waals surface area contributed by atoms with Crippen LogP contribution in [0.4, 0.5) is 5.13 Å². The number of nitrogens with two attached hydrogens (primary N) is 1. The summed E-state index contributed by atoms with van der Waals surface area (Å²) in [6.07, 6.45) is -0.0242. The molecule has 2 heterocycles. The summed E-state index contributed by atoms with van der Waals surface area (Å²) in [6, 6.07) is 10.3. The molecule has 2 N–H and O–H groups in total. The van der Waals surface area contributed by atoms with Crippen molar-refractivity contribution in [3.8, 4) is 0 Å². The Morgan fingerprint density at radius 3 is 2.52 bits per heavy atom. The quantitative estimate of drug-likeness (QED) is 0.585. The number of sulfone groups is 1. The van der Waals surface area contributed by atoms with E-state index in [4.69, 9.17) is 17.3 Å². The molecule has 0 radical (unpaired) electrons. The van der Waals surface area contributed by atoms with Crippen LogP contribution in [-0.4, -0.2) is 61.0 Å². The van der Waals surface area contributed by atoms with Crippen LogP contribution in [0.2, 0.25) is 5.02 Å². The molecule has 1 aliphatic rings. The highest BCUT2D eigenvalue weighted by molar-refractivity contribution is 7.91. The molecule has 1 fully saturated rings. The SMILES string of the molecule is Nc1nc(CN2CCN(C(=O)CCS(=O)(=O)c3ccc4cc(Cl)ccc4c3)CC2)cs1. The van der Waals surface area contributed by atoms with Gasteiger partial charge in [0.2, 0.25) is 5.91 Å². The first kappa shape index (κ1) is 22.0. The molecule has 10 heteroatoms. The second kappa shape index (κ2) is 9.12. The number of piperazine rings is 1. The zero-order valence-corrected chi connectivity index (χ0v) is 19.2. The van der Waals surface area contributed by atoms with Crippen LogP contribution in [0.25, 0.3) is 10.8 Å². The van der Waals surface area contributed by atoms with Crippen molar-refractivity contribution in [2.45, 2.75) is 17.9 Å². The van der Waals surface area contributed by atoms with Crippen LogP contribution >= 0.6 is 22.9 Å². The van der Waals surface area contributed by atoms with Crippen LogP contribution in [0.1, 0.15) is 12.1 Å². The minimum atomic E-state index is -3.55. The Hall–Kier alpha value is -2.20. The number of nitrogen functional groups attached to an aromatic ring is 1. The van der Waals surface area contributed by atoms with Gasteiger partial charge >= 0.3 is 0 Å². The van der Waals surface area contributed by atoms with Crippen molar-refractivity contribution in [3.05, 3.63) is 52.5 Å². The molecule has 0 bridgehead atoms. The summed E-state index contributed by atoms with van der Waals surface area (Å²) < 4.78 is 25.5. The lowest BCUT2D eigenvalue weighted by molar-refractivity contribution is -0.132. The largest absolute Gasteiger partial charge is 0.375 e.